The Morgan fingerprint density at radius 3 is 3.08 bits per heavy atom. The maximum Gasteiger partial charge on any atom is 0.250 e. The van der Waals surface area contributed by atoms with Gasteiger partial charge in [-0.1, -0.05) is 6.07 Å². The predicted molar refractivity (Wildman–Crippen MR) is 91.1 cm³/mol. The Kier molecular flexibility index (Phi) is 4.43. The standard InChI is InChI=1S/C18H19FN2O3S/c19-15-4-1-6-20-17(15)23-10-13-5-7-24-18(13)11-21(12-18)16(22)9-14-3-2-8-25-14/h1-4,6,8,13H,5,7,9-12H2. The van der Waals surface area contributed by atoms with Gasteiger partial charge in [-0.05, 0) is 30.0 Å². The lowest BCUT2D eigenvalue weighted by Gasteiger charge is -2.50. The minimum atomic E-state index is -0.461. The van der Waals surface area contributed by atoms with Crippen LogP contribution in [0.4, 0.5) is 4.39 Å². The molecule has 2 aromatic rings. The highest BCUT2D eigenvalue weighted by Gasteiger charge is 2.54. The molecule has 0 aliphatic carbocycles. The first-order valence-corrected chi connectivity index (χ1v) is 9.22. The molecule has 0 N–H and O–H groups in total. The van der Waals surface area contributed by atoms with Crippen LogP contribution in [-0.4, -0.2) is 47.7 Å². The maximum atomic E-state index is 13.6. The molecule has 2 saturated heterocycles. The van der Waals surface area contributed by atoms with Crippen molar-refractivity contribution in [1.82, 2.24) is 9.88 Å². The van der Waals surface area contributed by atoms with E-state index in [9.17, 15) is 9.18 Å². The molecule has 0 saturated carbocycles. The zero-order chi connectivity index (χ0) is 17.3. The van der Waals surface area contributed by atoms with E-state index in [1.54, 1.807) is 11.3 Å². The van der Waals surface area contributed by atoms with E-state index in [0.717, 1.165) is 11.3 Å². The van der Waals surface area contributed by atoms with Gasteiger partial charge in [0.2, 0.25) is 11.8 Å². The topological polar surface area (TPSA) is 51.7 Å². The number of pyridine rings is 1. The van der Waals surface area contributed by atoms with Crippen LogP contribution in [0.1, 0.15) is 11.3 Å². The summed E-state index contributed by atoms with van der Waals surface area (Å²) in [6.07, 6.45) is 2.79. The third kappa shape index (κ3) is 3.26. The SMILES string of the molecule is O=C(Cc1cccs1)N1CC2(C1)OCCC2COc1ncccc1F. The Morgan fingerprint density at radius 1 is 1.44 bits per heavy atom. The Balaban J connectivity index is 1.33. The van der Waals surface area contributed by atoms with Crippen LogP contribution in [-0.2, 0) is 16.0 Å². The van der Waals surface area contributed by atoms with E-state index in [1.165, 1.54) is 18.3 Å². The van der Waals surface area contributed by atoms with Crippen LogP contribution in [0.15, 0.2) is 35.8 Å². The number of rotatable bonds is 5. The van der Waals surface area contributed by atoms with E-state index in [-0.39, 0.29) is 23.3 Å². The van der Waals surface area contributed by atoms with Gasteiger partial charge < -0.3 is 14.4 Å². The summed E-state index contributed by atoms with van der Waals surface area (Å²) in [5, 5.41) is 1.98. The van der Waals surface area contributed by atoms with Crippen molar-refractivity contribution in [3.8, 4) is 5.88 Å². The van der Waals surface area contributed by atoms with Crippen LogP contribution in [0.3, 0.4) is 0 Å². The van der Waals surface area contributed by atoms with Crippen LogP contribution in [0.2, 0.25) is 0 Å². The number of thiophene rings is 1. The molecule has 25 heavy (non-hydrogen) atoms. The number of carbonyl (C=O) groups excluding carboxylic acids is 1. The summed E-state index contributed by atoms with van der Waals surface area (Å²) >= 11 is 1.59. The first-order chi connectivity index (χ1) is 12.2. The number of carbonyl (C=O) groups is 1. The molecule has 7 heteroatoms. The van der Waals surface area contributed by atoms with Gasteiger partial charge in [-0.3, -0.25) is 4.79 Å². The molecule has 2 fully saturated rings. The summed E-state index contributed by atoms with van der Waals surface area (Å²) in [6, 6.07) is 6.79. The first-order valence-electron chi connectivity index (χ1n) is 8.34. The number of amides is 1. The summed E-state index contributed by atoms with van der Waals surface area (Å²) < 4.78 is 25.1. The maximum absolute atomic E-state index is 13.6. The zero-order valence-electron chi connectivity index (χ0n) is 13.7. The van der Waals surface area contributed by atoms with Crippen molar-refractivity contribution in [2.45, 2.75) is 18.4 Å². The van der Waals surface area contributed by atoms with Gasteiger partial charge in [-0.15, -0.1) is 11.3 Å². The van der Waals surface area contributed by atoms with Crippen molar-refractivity contribution < 1.29 is 18.7 Å². The number of nitrogens with zero attached hydrogens (tertiary/aromatic N) is 2. The summed E-state index contributed by atoms with van der Waals surface area (Å²) in [5.41, 5.74) is -0.351. The fourth-order valence-corrected chi connectivity index (χ4v) is 4.17. The number of hydrogen-bond donors (Lipinski definition) is 0. The van der Waals surface area contributed by atoms with Crippen molar-refractivity contribution >= 4 is 17.2 Å². The van der Waals surface area contributed by atoms with Gasteiger partial charge in [0.05, 0.1) is 26.1 Å². The third-order valence-electron chi connectivity index (χ3n) is 4.92. The summed E-state index contributed by atoms with van der Waals surface area (Å²) in [4.78, 5) is 19.2. The molecule has 0 radical (unpaired) electrons. The molecule has 1 spiro atoms. The molecule has 4 heterocycles. The number of halogens is 1. The minimum absolute atomic E-state index is 0.0227. The van der Waals surface area contributed by atoms with E-state index >= 15 is 0 Å². The van der Waals surface area contributed by atoms with Crippen molar-refractivity contribution in [1.29, 1.82) is 0 Å². The Morgan fingerprint density at radius 2 is 2.32 bits per heavy atom. The van der Waals surface area contributed by atoms with E-state index < -0.39 is 5.82 Å². The molecule has 1 unspecified atom stereocenters. The highest BCUT2D eigenvalue weighted by Crippen LogP contribution is 2.40. The van der Waals surface area contributed by atoms with E-state index in [1.807, 2.05) is 22.4 Å². The van der Waals surface area contributed by atoms with Gasteiger partial charge in [-0.25, -0.2) is 9.37 Å². The number of hydrogen-bond acceptors (Lipinski definition) is 5. The molecular formula is C18H19FN2O3S. The Bertz CT molecular complexity index is 747. The summed E-state index contributed by atoms with van der Waals surface area (Å²) in [6.45, 7) is 2.15. The monoisotopic (exact) mass is 362 g/mol. The third-order valence-corrected chi connectivity index (χ3v) is 5.80. The van der Waals surface area contributed by atoms with Crippen LogP contribution >= 0.6 is 11.3 Å². The Hall–Kier alpha value is -1.99. The molecule has 0 aromatic carbocycles. The number of likely N-dealkylation sites (tertiary alicyclic amines) is 1. The van der Waals surface area contributed by atoms with Gasteiger partial charge in [0.1, 0.15) is 5.60 Å². The minimum Gasteiger partial charge on any atom is -0.475 e. The number of ether oxygens (including phenoxy) is 2. The fourth-order valence-electron chi connectivity index (χ4n) is 3.48. The highest BCUT2D eigenvalue weighted by molar-refractivity contribution is 7.10. The lowest BCUT2D eigenvalue weighted by atomic mass is 9.81. The lowest BCUT2D eigenvalue weighted by Crippen LogP contribution is -2.67. The lowest BCUT2D eigenvalue weighted by molar-refractivity contribution is -0.166. The second-order valence-electron chi connectivity index (χ2n) is 6.51. The van der Waals surface area contributed by atoms with Crippen molar-refractivity contribution in [3.63, 3.8) is 0 Å². The van der Waals surface area contributed by atoms with Crippen LogP contribution in [0.5, 0.6) is 5.88 Å². The second kappa shape index (κ2) is 6.72. The van der Waals surface area contributed by atoms with Crippen LogP contribution in [0, 0.1) is 11.7 Å². The van der Waals surface area contributed by atoms with Crippen molar-refractivity contribution in [3.05, 3.63) is 46.5 Å². The molecule has 2 aliphatic heterocycles. The average Bonchev–Trinajstić information content (AvgIpc) is 3.22. The van der Waals surface area contributed by atoms with Crippen molar-refractivity contribution in [2.75, 3.05) is 26.3 Å². The fraction of sp³-hybridized carbons (Fsp3) is 0.444. The molecule has 2 aliphatic rings. The quantitative estimate of drug-likeness (QED) is 0.820. The zero-order valence-corrected chi connectivity index (χ0v) is 14.5. The van der Waals surface area contributed by atoms with Gasteiger partial charge in [0.15, 0.2) is 5.82 Å². The molecule has 1 atom stereocenters. The number of aromatic nitrogens is 1. The van der Waals surface area contributed by atoms with E-state index in [4.69, 9.17) is 9.47 Å². The second-order valence-corrected chi connectivity index (χ2v) is 7.54. The predicted octanol–water partition coefficient (Wildman–Crippen LogP) is 2.52. The molecule has 1 amide bonds. The summed E-state index contributed by atoms with van der Waals surface area (Å²) in [7, 11) is 0. The largest absolute Gasteiger partial charge is 0.475 e. The van der Waals surface area contributed by atoms with Gasteiger partial charge in [0, 0.05) is 23.6 Å². The van der Waals surface area contributed by atoms with Gasteiger partial charge in [0.25, 0.3) is 0 Å². The smallest absolute Gasteiger partial charge is 0.250 e. The summed E-state index contributed by atoms with van der Waals surface area (Å²) in [5.74, 6) is -0.176. The average molecular weight is 362 g/mol. The Labute approximate surface area is 149 Å². The normalized spacial score (nSPS) is 21.3. The molecule has 5 nitrogen and oxygen atoms in total. The molecular weight excluding hydrogens is 343 g/mol. The highest BCUT2D eigenvalue weighted by atomic mass is 32.1. The molecule has 2 aromatic heterocycles. The first kappa shape index (κ1) is 16.5. The van der Waals surface area contributed by atoms with E-state index in [2.05, 4.69) is 4.98 Å². The molecule has 0 bridgehead atoms. The molecule has 4 rings (SSSR count). The van der Waals surface area contributed by atoms with Gasteiger partial charge >= 0.3 is 0 Å². The van der Waals surface area contributed by atoms with Crippen LogP contribution < -0.4 is 4.74 Å². The van der Waals surface area contributed by atoms with E-state index in [0.29, 0.717) is 32.7 Å². The molecule has 132 valence electrons. The van der Waals surface area contributed by atoms with Crippen LogP contribution in [0.25, 0.3) is 0 Å². The van der Waals surface area contributed by atoms with Crippen molar-refractivity contribution in [2.24, 2.45) is 5.92 Å². The van der Waals surface area contributed by atoms with Gasteiger partial charge in [-0.2, -0.15) is 0 Å².